The van der Waals surface area contributed by atoms with E-state index in [1.807, 2.05) is 11.0 Å². The lowest BCUT2D eigenvalue weighted by Gasteiger charge is -2.21. The van der Waals surface area contributed by atoms with Crippen LogP contribution in [-0.4, -0.2) is 29.8 Å². The highest BCUT2D eigenvalue weighted by molar-refractivity contribution is 7.14. The number of rotatable bonds is 4. The molecule has 0 spiro atoms. The van der Waals surface area contributed by atoms with Crippen molar-refractivity contribution in [2.24, 2.45) is 5.92 Å². The van der Waals surface area contributed by atoms with E-state index in [4.69, 9.17) is 0 Å². The molecule has 2 aliphatic rings. The van der Waals surface area contributed by atoms with Crippen LogP contribution in [0.2, 0.25) is 0 Å². The van der Waals surface area contributed by atoms with Gasteiger partial charge in [-0.15, -0.1) is 11.3 Å². The van der Waals surface area contributed by atoms with Crippen LogP contribution in [0.5, 0.6) is 0 Å². The van der Waals surface area contributed by atoms with Crippen LogP contribution in [0.1, 0.15) is 44.9 Å². The largest absolute Gasteiger partial charge is 0.352 e. The van der Waals surface area contributed by atoms with Crippen molar-refractivity contribution in [1.82, 2.24) is 10.2 Å². The van der Waals surface area contributed by atoms with Crippen LogP contribution in [-0.2, 0) is 24.2 Å². The summed E-state index contributed by atoms with van der Waals surface area (Å²) in [6, 6.07) is 5.20. The van der Waals surface area contributed by atoms with Crippen molar-refractivity contribution in [2.75, 3.05) is 13.1 Å². The Bertz CT molecular complexity index is 886. The molecule has 7 heteroatoms. The second-order valence-corrected chi connectivity index (χ2v) is 8.63. The van der Waals surface area contributed by atoms with Gasteiger partial charge in [0.25, 0.3) is 5.91 Å². The Kier molecular flexibility index (Phi) is 5.44. The first-order chi connectivity index (χ1) is 13.5. The van der Waals surface area contributed by atoms with Gasteiger partial charge in [0.1, 0.15) is 11.6 Å². The first-order valence-electron chi connectivity index (χ1n) is 9.63. The fourth-order valence-corrected chi connectivity index (χ4v) is 5.15. The molecule has 4 rings (SSSR count). The van der Waals surface area contributed by atoms with Gasteiger partial charge >= 0.3 is 0 Å². The van der Waals surface area contributed by atoms with Gasteiger partial charge in [-0.05, 0) is 61.4 Å². The van der Waals surface area contributed by atoms with Crippen LogP contribution in [0.15, 0.2) is 24.3 Å². The summed E-state index contributed by atoms with van der Waals surface area (Å²) < 4.78 is 26.5. The number of carbonyl (C=O) groups excluding carboxylic acids is 2. The van der Waals surface area contributed by atoms with Gasteiger partial charge in [-0.25, -0.2) is 8.78 Å². The monoisotopic (exact) mass is 404 g/mol. The van der Waals surface area contributed by atoms with E-state index in [1.165, 1.54) is 17.0 Å². The average molecular weight is 404 g/mol. The van der Waals surface area contributed by atoms with Gasteiger partial charge in [-0.2, -0.15) is 0 Å². The maximum atomic E-state index is 13.3. The molecule has 1 aromatic carbocycles. The van der Waals surface area contributed by atoms with Crippen LogP contribution in [0.3, 0.4) is 0 Å². The zero-order valence-corrected chi connectivity index (χ0v) is 16.3. The first-order valence-corrected chi connectivity index (χ1v) is 10.4. The minimum atomic E-state index is -0.653. The first kappa shape index (κ1) is 19.1. The zero-order chi connectivity index (χ0) is 19.7. The van der Waals surface area contributed by atoms with Gasteiger partial charge in [0.15, 0.2) is 0 Å². The van der Waals surface area contributed by atoms with E-state index in [-0.39, 0.29) is 24.3 Å². The molecule has 0 bridgehead atoms. The zero-order valence-electron chi connectivity index (χ0n) is 15.5. The number of thiophene rings is 1. The number of carbonyl (C=O) groups is 2. The van der Waals surface area contributed by atoms with E-state index in [0.717, 1.165) is 48.9 Å². The lowest BCUT2D eigenvalue weighted by molar-refractivity contribution is -0.125. The van der Waals surface area contributed by atoms with E-state index < -0.39 is 11.6 Å². The summed E-state index contributed by atoms with van der Waals surface area (Å²) >= 11 is 1.55. The van der Waals surface area contributed by atoms with Crippen molar-refractivity contribution >= 4 is 23.2 Å². The third kappa shape index (κ3) is 4.09. The van der Waals surface area contributed by atoms with Crippen molar-refractivity contribution in [3.63, 3.8) is 0 Å². The van der Waals surface area contributed by atoms with Crippen molar-refractivity contribution in [3.8, 4) is 0 Å². The molecule has 1 aliphatic heterocycles. The van der Waals surface area contributed by atoms with Crippen LogP contribution < -0.4 is 5.32 Å². The summed E-state index contributed by atoms with van der Waals surface area (Å²) in [4.78, 5) is 29.0. The fraction of sp³-hybridized carbons (Fsp3) is 0.429. The Labute approximate surface area is 166 Å². The van der Waals surface area contributed by atoms with Gasteiger partial charge < -0.3 is 10.2 Å². The van der Waals surface area contributed by atoms with Crippen molar-refractivity contribution in [2.45, 2.75) is 38.6 Å². The topological polar surface area (TPSA) is 49.4 Å². The number of benzene rings is 1. The Morgan fingerprint density at radius 3 is 2.54 bits per heavy atom. The highest BCUT2D eigenvalue weighted by Crippen LogP contribution is 2.33. The number of fused-ring (bicyclic) bond motifs is 1. The molecule has 1 fully saturated rings. The SMILES string of the molecule is O=C(NCc1cc(F)cc(F)c1)[C@@H]1CCc2sc(C(=O)N3CCCC3)cc2C1. The molecule has 28 heavy (non-hydrogen) atoms. The van der Waals surface area contributed by atoms with Gasteiger partial charge in [-0.1, -0.05) is 0 Å². The molecule has 1 aromatic heterocycles. The number of halogens is 2. The van der Waals surface area contributed by atoms with Gasteiger partial charge in [-0.3, -0.25) is 9.59 Å². The van der Waals surface area contributed by atoms with Gasteiger partial charge in [0.05, 0.1) is 4.88 Å². The summed E-state index contributed by atoms with van der Waals surface area (Å²) in [6.07, 6.45) is 4.22. The summed E-state index contributed by atoms with van der Waals surface area (Å²) in [6.45, 7) is 1.75. The fourth-order valence-electron chi connectivity index (χ4n) is 3.98. The highest BCUT2D eigenvalue weighted by atomic mass is 32.1. The predicted molar refractivity (Wildman–Crippen MR) is 103 cm³/mol. The molecule has 0 radical (unpaired) electrons. The molecule has 0 saturated carbocycles. The third-order valence-corrected chi connectivity index (χ3v) is 6.67. The molecule has 2 aromatic rings. The molecule has 1 N–H and O–H groups in total. The standard InChI is InChI=1S/C21H22F2N2O2S/c22-16-7-13(8-17(23)11-16)12-24-20(26)14-3-4-18-15(9-14)10-19(28-18)21(27)25-5-1-2-6-25/h7-8,10-11,14H,1-6,9,12H2,(H,24,26)/t14-/m1/s1. The average Bonchev–Trinajstić information content (AvgIpc) is 3.33. The minimum Gasteiger partial charge on any atom is -0.352 e. The summed E-state index contributed by atoms with van der Waals surface area (Å²) in [5.74, 6) is -1.50. The Balaban J connectivity index is 1.38. The number of nitrogens with one attached hydrogen (secondary N) is 1. The maximum absolute atomic E-state index is 13.3. The second kappa shape index (κ2) is 7.99. The molecule has 4 nitrogen and oxygen atoms in total. The number of aryl methyl sites for hydroxylation is 1. The van der Waals surface area contributed by atoms with Crippen molar-refractivity contribution in [3.05, 3.63) is 56.8 Å². The molecule has 2 heterocycles. The van der Waals surface area contributed by atoms with Gasteiger partial charge in [0.2, 0.25) is 5.91 Å². The molecule has 148 valence electrons. The molecule has 1 atom stereocenters. The number of hydrogen-bond acceptors (Lipinski definition) is 3. The molecule has 0 unspecified atom stereocenters. The lowest BCUT2D eigenvalue weighted by Crippen LogP contribution is -2.33. The number of likely N-dealkylation sites (tertiary alicyclic amines) is 1. The number of hydrogen-bond donors (Lipinski definition) is 1. The smallest absolute Gasteiger partial charge is 0.263 e. The minimum absolute atomic E-state index is 0.0964. The second-order valence-electron chi connectivity index (χ2n) is 7.49. The number of amides is 2. The van der Waals surface area contributed by atoms with E-state index in [9.17, 15) is 18.4 Å². The molecule has 2 amide bonds. The van der Waals surface area contributed by atoms with E-state index in [2.05, 4.69) is 5.32 Å². The van der Waals surface area contributed by atoms with Crippen LogP contribution in [0.4, 0.5) is 8.78 Å². The van der Waals surface area contributed by atoms with E-state index in [1.54, 1.807) is 11.3 Å². The third-order valence-electron chi connectivity index (χ3n) is 5.45. The molecular weight excluding hydrogens is 382 g/mol. The quantitative estimate of drug-likeness (QED) is 0.845. The van der Waals surface area contributed by atoms with E-state index in [0.29, 0.717) is 18.4 Å². The Hall–Kier alpha value is -2.28. The predicted octanol–water partition coefficient (Wildman–Crippen LogP) is 3.68. The Morgan fingerprint density at radius 2 is 1.82 bits per heavy atom. The lowest BCUT2D eigenvalue weighted by atomic mass is 9.87. The van der Waals surface area contributed by atoms with Crippen LogP contribution in [0.25, 0.3) is 0 Å². The van der Waals surface area contributed by atoms with Crippen molar-refractivity contribution in [1.29, 1.82) is 0 Å². The maximum Gasteiger partial charge on any atom is 0.263 e. The molecule has 1 aliphatic carbocycles. The Morgan fingerprint density at radius 1 is 1.11 bits per heavy atom. The van der Waals surface area contributed by atoms with Gasteiger partial charge in [0, 0.05) is 36.5 Å². The van der Waals surface area contributed by atoms with Crippen LogP contribution in [0, 0.1) is 17.6 Å². The molecular formula is C21H22F2N2O2S. The molecule has 1 saturated heterocycles. The highest BCUT2D eigenvalue weighted by Gasteiger charge is 2.29. The number of nitrogens with zero attached hydrogens (tertiary/aromatic N) is 1. The summed E-state index contributed by atoms with van der Waals surface area (Å²) in [7, 11) is 0. The van der Waals surface area contributed by atoms with Crippen molar-refractivity contribution < 1.29 is 18.4 Å². The van der Waals surface area contributed by atoms with E-state index >= 15 is 0 Å². The van der Waals surface area contributed by atoms with Crippen LogP contribution >= 0.6 is 11.3 Å². The summed E-state index contributed by atoms with van der Waals surface area (Å²) in [5, 5.41) is 2.78. The normalized spacial score (nSPS) is 18.8. The summed E-state index contributed by atoms with van der Waals surface area (Å²) in [5.41, 5.74) is 1.48.